The van der Waals surface area contributed by atoms with Crippen LogP contribution in [0.2, 0.25) is 5.02 Å². The average molecular weight is 332 g/mol. The number of halogens is 1. The molecule has 0 saturated heterocycles. The van der Waals surface area contributed by atoms with Crippen molar-refractivity contribution in [1.82, 2.24) is 4.98 Å². The third-order valence-electron chi connectivity index (χ3n) is 3.79. The monoisotopic (exact) mass is 331 g/mol. The molecule has 0 amide bonds. The van der Waals surface area contributed by atoms with Crippen molar-refractivity contribution in [2.45, 2.75) is 12.8 Å². The Hall–Kier alpha value is -2.40. The molecule has 1 aliphatic heterocycles. The highest BCUT2D eigenvalue weighted by Gasteiger charge is 2.17. The summed E-state index contributed by atoms with van der Waals surface area (Å²) in [6.45, 7) is 0.238. The fourth-order valence-electron chi connectivity index (χ4n) is 2.58. The van der Waals surface area contributed by atoms with Crippen molar-refractivity contribution in [3.05, 3.63) is 46.8 Å². The Morgan fingerprint density at radius 2 is 1.96 bits per heavy atom. The summed E-state index contributed by atoms with van der Waals surface area (Å²) in [6.07, 6.45) is 1.36. The molecule has 0 N–H and O–H groups in total. The molecule has 1 aromatic heterocycles. The lowest BCUT2D eigenvalue weighted by molar-refractivity contribution is 0.174. The molecule has 118 valence electrons. The average Bonchev–Trinajstić information content (AvgIpc) is 3.17. The highest BCUT2D eigenvalue weighted by molar-refractivity contribution is 6.31. The summed E-state index contributed by atoms with van der Waals surface area (Å²) in [5.41, 5.74) is 2.52. The highest BCUT2D eigenvalue weighted by atomic mass is 35.5. The van der Waals surface area contributed by atoms with E-state index < -0.39 is 0 Å². The highest BCUT2D eigenvalue weighted by Crippen LogP contribution is 2.37. The molecular formula is C17H14ClNO4. The lowest BCUT2D eigenvalue weighted by Gasteiger charge is -2.04. The van der Waals surface area contributed by atoms with Crippen LogP contribution in [0.15, 0.2) is 34.7 Å². The molecule has 3 aromatic rings. The molecule has 0 bridgehead atoms. The van der Waals surface area contributed by atoms with E-state index >= 15 is 0 Å². The molecule has 0 fully saturated rings. The molecule has 4 rings (SSSR count). The first kappa shape index (κ1) is 14.2. The van der Waals surface area contributed by atoms with Gasteiger partial charge in [-0.05, 0) is 30.2 Å². The van der Waals surface area contributed by atoms with Gasteiger partial charge in [-0.15, -0.1) is 0 Å². The molecule has 6 heteroatoms. The van der Waals surface area contributed by atoms with Gasteiger partial charge in [0.1, 0.15) is 11.3 Å². The van der Waals surface area contributed by atoms with Gasteiger partial charge in [0.2, 0.25) is 6.79 Å². The number of fused-ring (bicyclic) bond motifs is 2. The second-order valence-electron chi connectivity index (χ2n) is 5.24. The van der Waals surface area contributed by atoms with E-state index in [4.69, 9.17) is 30.2 Å². The van der Waals surface area contributed by atoms with Crippen molar-refractivity contribution in [2.24, 2.45) is 0 Å². The van der Waals surface area contributed by atoms with Crippen LogP contribution in [-0.2, 0) is 12.8 Å². The van der Waals surface area contributed by atoms with Gasteiger partial charge in [-0.25, -0.2) is 4.98 Å². The van der Waals surface area contributed by atoms with Gasteiger partial charge in [0.05, 0.1) is 7.11 Å². The van der Waals surface area contributed by atoms with Gasteiger partial charge in [-0.3, -0.25) is 0 Å². The molecule has 1 aliphatic rings. The number of oxazole rings is 1. The number of benzene rings is 2. The van der Waals surface area contributed by atoms with Crippen molar-refractivity contribution in [1.29, 1.82) is 0 Å². The van der Waals surface area contributed by atoms with Gasteiger partial charge in [-0.1, -0.05) is 11.6 Å². The molecule has 0 spiro atoms. The fourth-order valence-corrected chi connectivity index (χ4v) is 2.83. The summed E-state index contributed by atoms with van der Waals surface area (Å²) >= 11 is 6.29. The van der Waals surface area contributed by atoms with Crippen LogP contribution in [0.5, 0.6) is 17.2 Å². The molecule has 0 aliphatic carbocycles. The topological polar surface area (TPSA) is 53.7 Å². The van der Waals surface area contributed by atoms with Gasteiger partial charge < -0.3 is 18.6 Å². The third-order valence-corrected chi connectivity index (χ3v) is 4.14. The van der Waals surface area contributed by atoms with Gasteiger partial charge in [0.25, 0.3) is 0 Å². The van der Waals surface area contributed by atoms with Crippen LogP contribution >= 0.6 is 11.6 Å². The molecule has 23 heavy (non-hydrogen) atoms. The first-order valence-corrected chi connectivity index (χ1v) is 7.62. The van der Waals surface area contributed by atoms with E-state index in [1.165, 1.54) is 0 Å². The number of hydrogen-bond acceptors (Lipinski definition) is 5. The lowest BCUT2D eigenvalue weighted by atomic mass is 10.1. The van der Waals surface area contributed by atoms with Gasteiger partial charge in [0, 0.05) is 23.6 Å². The van der Waals surface area contributed by atoms with Crippen molar-refractivity contribution >= 4 is 22.7 Å². The van der Waals surface area contributed by atoms with Crippen molar-refractivity contribution in [3.8, 4) is 17.2 Å². The first-order chi connectivity index (χ1) is 11.2. The van der Waals surface area contributed by atoms with Crippen LogP contribution in [0.1, 0.15) is 11.5 Å². The molecule has 2 heterocycles. The maximum atomic E-state index is 6.29. The normalized spacial score (nSPS) is 12.8. The predicted molar refractivity (Wildman–Crippen MR) is 85.5 cm³/mol. The number of aryl methyl sites for hydroxylation is 2. The molecule has 0 radical (unpaired) electrons. The van der Waals surface area contributed by atoms with E-state index in [1.807, 2.05) is 24.3 Å². The Labute approximate surface area is 137 Å². The quantitative estimate of drug-likeness (QED) is 0.723. The summed E-state index contributed by atoms with van der Waals surface area (Å²) in [6, 6.07) is 9.27. The Morgan fingerprint density at radius 1 is 1.13 bits per heavy atom. The van der Waals surface area contributed by atoms with Crippen molar-refractivity contribution in [2.75, 3.05) is 13.9 Å². The van der Waals surface area contributed by atoms with E-state index in [0.29, 0.717) is 29.5 Å². The first-order valence-electron chi connectivity index (χ1n) is 7.24. The molecule has 5 nitrogen and oxygen atoms in total. The molecule has 0 atom stereocenters. The maximum absolute atomic E-state index is 6.29. The zero-order valence-corrected chi connectivity index (χ0v) is 13.2. The second kappa shape index (κ2) is 5.66. The number of ether oxygens (including phenoxy) is 3. The third kappa shape index (κ3) is 2.68. The fraction of sp³-hybridized carbons (Fsp3) is 0.235. The van der Waals surface area contributed by atoms with Crippen LogP contribution in [0, 0.1) is 0 Å². The SMILES string of the molecule is COc1ccc2oc(CCc3cc4c(cc3Cl)OCO4)nc2c1. The Balaban J connectivity index is 1.55. The van der Waals surface area contributed by atoms with Gasteiger partial charge >= 0.3 is 0 Å². The van der Waals surface area contributed by atoms with Crippen LogP contribution in [0.3, 0.4) is 0 Å². The van der Waals surface area contributed by atoms with Crippen LogP contribution in [0.4, 0.5) is 0 Å². The smallest absolute Gasteiger partial charge is 0.231 e. The van der Waals surface area contributed by atoms with E-state index in [2.05, 4.69) is 4.98 Å². The Bertz CT molecular complexity index is 874. The number of methoxy groups -OCH3 is 1. The number of nitrogens with zero attached hydrogens (tertiary/aromatic N) is 1. The summed E-state index contributed by atoms with van der Waals surface area (Å²) in [7, 11) is 1.63. The van der Waals surface area contributed by atoms with E-state index in [1.54, 1.807) is 13.2 Å². The van der Waals surface area contributed by atoms with Crippen molar-refractivity contribution < 1.29 is 18.6 Å². The zero-order valence-electron chi connectivity index (χ0n) is 12.5. The number of hydrogen-bond donors (Lipinski definition) is 0. The summed E-state index contributed by atoms with van der Waals surface area (Å²) in [5.74, 6) is 2.84. The largest absolute Gasteiger partial charge is 0.497 e. The number of rotatable bonds is 4. The Kier molecular flexibility index (Phi) is 3.50. The molecule has 2 aromatic carbocycles. The Morgan fingerprint density at radius 3 is 2.78 bits per heavy atom. The van der Waals surface area contributed by atoms with Crippen LogP contribution in [-0.4, -0.2) is 18.9 Å². The minimum atomic E-state index is 0.238. The maximum Gasteiger partial charge on any atom is 0.231 e. The standard InChI is InChI=1S/C17H14ClNO4/c1-20-11-3-4-14-13(7-11)19-17(23-14)5-2-10-6-15-16(8-12(10)18)22-9-21-15/h3-4,6-8H,2,5,9H2,1H3. The van der Waals surface area contributed by atoms with Gasteiger partial charge in [0.15, 0.2) is 23.0 Å². The van der Waals surface area contributed by atoms with Gasteiger partial charge in [-0.2, -0.15) is 0 Å². The molecular weight excluding hydrogens is 318 g/mol. The summed E-state index contributed by atoms with van der Waals surface area (Å²) in [5, 5.41) is 0.659. The predicted octanol–water partition coefficient (Wildman–Crippen LogP) is 4.00. The zero-order chi connectivity index (χ0) is 15.8. The summed E-state index contributed by atoms with van der Waals surface area (Å²) < 4.78 is 21.6. The van der Waals surface area contributed by atoms with Crippen LogP contribution in [0.25, 0.3) is 11.1 Å². The van der Waals surface area contributed by atoms with E-state index in [0.717, 1.165) is 28.2 Å². The van der Waals surface area contributed by atoms with E-state index in [-0.39, 0.29) is 6.79 Å². The minimum absolute atomic E-state index is 0.238. The second-order valence-corrected chi connectivity index (χ2v) is 5.65. The minimum Gasteiger partial charge on any atom is -0.497 e. The van der Waals surface area contributed by atoms with Crippen molar-refractivity contribution in [3.63, 3.8) is 0 Å². The van der Waals surface area contributed by atoms with E-state index in [9.17, 15) is 0 Å². The van der Waals surface area contributed by atoms with Crippen LogP contribution < -0.4 is 14.2 Å². The molecule has 0 saturated carbocycles. The number of aromatic nitrogens is 1. The molecule has 0 unspecified atom stereocenters. The lowest BCUT2D eigenvalue weighted by Crippen LogP contribution is -1.93. The summed E-state index contributed by atoms with van der Waals surface area (Å²) in [4.78, 5) is 4.49.